The molecule has 3 nitrogen and oxygen atoms in total. The summed E-state index contributed by atoms with van der Waals surface area (Å²) in [5.74, 6) is 1.08. The Morgan fingerprint density at radius 1 is 1.40 bits per heavy atom. The number of aromatic amines is 1. The Morgan fingerprint density at radius 2 is 2.13 bits per heavy atom. The molecule has 15 heavy (non-hydrogen) atoms. The van der Waals surface area contributed by atoms with Crippen LogP contribution < -0.4 is 0 Å². The number of imidazole rings is 1. The maximum Gasteiger partial charge on any atom is 0.185 e. The number of rotatable bonds is 3. The van der Waals surface area contributed by atoms with Gasteiger partial charge < -0.3 is 4.98 Å². The third-order valence-corrected chi connectivity index (χ3v) is 3.29. The van der Waals surface area contributed by atoms with E-state index >= 15 is 0 Å². The molecule has 82 valence electrons. The van der Waals surface area contributed by atoms with Crippen LogP contribution in [0.15, 0.2) is 0 Å². The molecule has 2 rings (SSSR count). The Labute approximate surface area is 90.3 Å². The molecule has 1 N–H and O–H groups in total. The minimum Gasteiger partial charge on any atom is -0.339 e. The van der Waals surface area contributed by atoms with E-state index in [0.717, 1.165) is 24.1 Å². The van der Waals surface area contributed by atoms with Crippen molar-refractivity contribution in [1.82, 2.24) is 9.97 Å². The molecule has 0 radical (unpaired) electrons. The van der Waals surface area contributed by atoms with Crippen molar-refractivity contribution in [3.8, 4) is 0 Å². The number of hydrogen-bond donors (Lipinski definition) is 1. The van der Waals surface area contributed by atoms with E-state index in [0.29, 0.717) is 11.7 Å². The molecule has 0 aromatic carbocycles. The van der Waals surface area contributed by atoms with E-state index in [1.807, 2.05) is 0 Å². The zero-order valence-corrected chi connectivity index (χ0v) is 9.25. The zero-order chi connectivity index (χ0) is 10.7. The van der Waals surface area contributed by atoms with E-state index in [1.54, 1.807) is 0 Å². The van der Waals surface area contributed by atoms with Crippen molar-refractivity contribution >= 4 is 6.29 Å². The van der Waals surface area contributed by atoms with Gasteiger partial charge in [-0.3, -0.25) is 4.79 Å². The quantitative estimate of drug-likeness (QED) is 0.773. The summed E-state index contributed by atoms with van der Waals surface area (Å²) in [5, 5.41) is 0. The van der Waals surface area contributed by atoms with E-state index in [9.17, 15) is 4.79 Å². The van der Waals surface area contributed by atoms with Gasteiger partial charge in [-0.1, -0.05) is 26.2 Å². The molecule has 1 aliphatic rings. The van der Waals surface area contributed by atoms with Crippen LogP contribution in [0.4, 0.5) is 0 Å². The molecular formula is C12H18N2O. The van der Waals surface area contributed by atoms with Crippen LogP contribution in [0.5, 0.6) is 0 Å². The van der Waals surface area contributed by atoms with Crippen LogP contribution in [0.25, 0.3) is 0 Å². The van der Waals surface area contributed by atoms with Gasteiger partial charge in [0.15, 0.2) is 12.1 Å². The van der Waals surface area contributed by atoms with Crippen molar-refractivity contribution in [1.29, 1.82) is 0 Å². The summed E-state index contributed by atoms with van der Waals surface area (Å²) in [5.41, 5.74) is 2.31. The standard InChI is InChI=1S/C12H18N2O/c1-2-10-12(14-11(8-15)13-10)9-6-4-3-5-7-9/h8-9H,2-7H2,1H3,(H,13,14). The predicted octanol–water partition coefficient (Wildman–Crippen LogP) is 2.83. The smallest absolute Gasteiger partial charge is 0.185 e. The molecule has 0 atom stereocenters. The Morgan fingerprint density at radius 3 is 2.73 bits per heavy atom. The first-order valence-electron chi connectivity index (χ1n) is 5.89. The monoisotopic (exact) mass is 206 g/mol. The fourth-order valence-electron chi connectivity index (χ4n) is 2.48. The average Bonchev–Trinajstić information content (AvgIpc) is 2.73. The summed E-state index contributed by atoms with van der Waals surface area (Å²) in [6.07, 6.45) is 8.17. The SMILES string of the molecule is CCc1[nH]c(C=O)nc1C1CCCCC1. The van der Waals surface area contributed by atoms with Gasteiger partial charge in [-0.25, -0.2) is 4.98 Å². The van der Waals surface area contributed by atoms with E-state index in [4.69, 9.17) is 0 Å². The van der Waals surface area contributed by atoms with Crippen LogP contribution in [0.2, 0.25) is 0 Å². The number of nitrogens with one attached hydrogen (secondary N) is 1. The average molecular weight is 206 g/mol. The molecule has 0 spiro atoms. The van der Waals surface area contributed by atoms with Gasteiger partial charge in [-0.05, 0) is 19.3 Å². The van der Waals surface area contributed by atoms with Gasteiger partial charge in [-0.15, -0.1) is 0 Å². The van der Waals surface area contributed by atoms with Gasteiger partial charge in [0.2, 0.25) is 0 Å². The topological polar surface area (TPSA) is 45.8 Å². The molecule has 0 bridgehead atoms. The van der Waals surface area contributed by atoms with Crippen LogP contribution in [0, 0.1) is 0 Å². The lowest BCUT2D eigenvalue weighted by Crippen LogP contribution is -2.07. The van der Waals surface area contributed by atoms with Gasteiger partial charge in [-0.2, -0.15) is 0 Å². The summed E-state index contributed by atoms with van der Waals surface area (Å²) >= 11 is 0. The van der Waals surface area contributed by atoms with E-state index < -0.39 is 0 Å². The summed E-state index contributed by atoms with van der Waals surface area (Å²) < 4.78 is 0. The van der Waals surface area contributed by atoms with Gasteiger partial charge in [0, 0.05) is 11.6 Å². The first kappa shape index (κ1) is 10.4. The molecule has 3 heteroatoms. The number of nitrogens with zero attached hydrogens (tertiary/aromatic N) is 1. The molecule has 0 amide bonds. The van der Waals surface area contributed by atoms with Crippen LogP contribution in [-0.2, 0) is 6.42 Å². The van der Waals surface area contributed by atoms with Crippen molar-refractivity contribution in [2.75, 3.05) is 0 Å². The molecule has 1 aliphatic carbocycles. The van der Waals surface area contributed by atoms with Crippen molar-refractivity contribution < 1.29 is 4.79 Å². The molecular weight excluding hydrogens is 188 g/mol. The molecule has 0 unspecified atom stereocenters. The van der Waals surface area contributed by atoms with Crippen LogP contribution in [0.1, 0.15) is 67.0 Å². The van der Waals surface area contributed by atoms with Gasteiger partial charge in [0.25, 0.3) is 0 Å². The second-order valence-corrected chi connectivity index (χ2v) is 4.29. The maximum atomic E-state index is 10.7. The van der Waals surface area contributed by atoms with Crippen molar-refractivity contribution in [2.45, 2.75) is 51.4 Å². The molecule has 0 saturated heterocycles. The fourth-order valence-corrected chi connectivity index (χ4v) is 2.48. The number of carbonyl (C=O) groups excluding carboxylic acids is 1. The maximum absolute atomic E-state index is 10.7. The number of H-pyrrole nitrogens is 1. The lowest BCUT2D eigenvalue weighted by Gasteiger charge is -2.20. The highest BCUT2D eigenvalue weighted by molar-refractivity contribution is 5.69. The summed E-state index contributed by atoms with van der Waals surface area (Å²) in [6, 6.07) is 0. The molecule has 1 heterocycles. The second-order valence-electron chi connectivity index (χ2n) is 4.29. The number of aryl methyl sites for hydroxylation is 1. The summed E-state index contributed by atoms with van der Waals surface area (Å²) in [4.78, 5) is 18.2. The largest absolute Gasteiger partial charge is 0.339 e. The third-order valence-electron chi connectivity index (χ3n) is 3.29. The van der Waals surface area contributed by atoms with E-state index in [2.05, 4.69) is 16.9 Å². The lowest BCUT2D eigenvalue weighted by atomic mass is 9.86. The minimum atomic E-state index is 0.493. The van der Waals surface area contributed by atoms with Crippen LogP contribution >= 0.6 is 0 Å². The van der Waals surface area contributed by atoms with Gasteiger partial charge >= 0.3 is 0 Å². The first-order valence-corrected chi connectivity index (χ1v) is 5.89. The second kappa shape index (κ2) is 4.60. The lowest BCUT2D eigenvalue weighted by molar-refractivity contribution is 0.111. The number of hydrogen-bond acceptors (Lipinski definition) is 2. The minimum absolute atomic E-state index is 0.493. The molecule has 0 aliphatic heterocycles. The highest BCUT2D eigenvalue weighted by Crippen LogP contribution is 2.33. The highest BCUT2D eigenvalue weighted by Gasteiger charge is 2.21. The summed E-state index contributed by atoms with van der Waals surface area (Å²) in [7, 11) is 0. The molecule has 1 saturated carbocycles. The fraction of sp³-hybridized carbons (Fsp3) is 0.667. The normalized spacial score (nSPS) is 17.9. The Bertz CT molecular complexity index is 337. The Hall–Kier alpha value is -1.12. The number of aldehydes is 1. The van der Waals surface area contributed by atoms with Crippen LogP contribution in [0.3, 0.4) is 0 Å². The molecule has 1 aromatic rings. The number of aromatic nitrogens is 2. The van der Waals surface area contributed by atoms with Crippen LogP contribution in [-0.4, -0.2) is 16.3 Å². The van der Waals surface area contributed by atoms with E-state index in [-0.39, 0.29) is 0 Å². The van der Waals surface area contributed by atoms with Gasteiger partial charge in [0.1, 0.15) is 0 Å². The first-order chi connectivity index (χ1) is 7.35. The van der Waals surface area contributed by atoms with Gasteiger partial charge in [0.05, 0.1) is 5.69 Å². The Balaban J connectivity index is 2.24. The Kier molecular flexibility index (Phi) is 3.19. The van der Waals surface area contributed by atoms with Crippen molar-refractivity contribution in [3.05, 3.63) is 17.2 Å². The number of carbonyl (C=O) groups is 1. The highest BCUT2D eigenvalue weighted by atomic mass is 16.1. The van der Waals surface area contributed by atoms with Crippen molar-refractivity contribution in [2.24, 2.45) is 0 Å². The summed E-state index contributed by atoms with van der Waals surface area (Å²) in [6.45, 7) is 2.11. The predicted molar refractivity (Wildman–Crippen MR) is 59.2 cm³/mol. The van der Waals surface area contributed by atoms with E-state index in [1.165, 1.54) is 32.1 Å². The molecule has 1 fully saturated rings. The zero-order valence-electron chi connectivity index (χ0n) is 9.25. The molecule has 1 aromatic heterocycles. The van der Waals surface area contributed by atoms with Crippen molar-refractivity contribution in [3.63, 3.8) is 0 Å². The third kappa shape index (κ3) is 2.11.